The van der Waals surface area contributed by atoms with Crippen molar-refractivity contribution in [1.82, 2.24) is 10.6 Å². The molecule has 0 spiro atoms. The van der Waals surface area contributed by atoms with Gasteiger partial charge in [-0.25, -0.2) is 0 Å². The van der Waals surface area contributed by atoms with Gasteiger partial charge >= 0.3 is 0 Å². The highest BCUT2D eigenvalue weighted by molar-refractivity contribution is 5.85. The summed E-state index contributed by atoms with van der Waals surface area (Å²) in [5.74, 6) is -0.00319. The molecule has 1 aliphatic heterocycles. The van der Waals surface area contributed by atoms with E-state index >= 15 is 0 Å². The van der Waals surface area contributed by atoms with Crippen LogP contribution in [0.25, 0.3) is 0 Å². The van der Waals surface area contributed by atoms with Gasteiger partial charge in [0.15, 0.2) is 0 Å². The molecule has 1 heterocycles. The highest BCUT2D eigenvalue weighted by atomic mass is 35.5. The van der Waals surface area contributed by atoms with Crippen LogP contribution in [0.1, 0.15) is 26.7 Å². The quantitative estimate of drug-likeness (QED) is 0.632. The van der Waals surface area contributed by atoms with Gasteiger partial charge in [0.1, 0.15) is 0 Å². The standard InChI is InChI=1S/C9H18N2O2.ClH/c1-9(2,6-12)11-8(13)7-4-3-5-10-7;/h7,10,12H,3-6H2,1-2H3,(H,11,13);1H/t7-;/m0./s1. The van der Waals surface area contributed by atoms with Gasteiger partial charge in [-0.15, -0.1) is 12.4 Å². The molecule has 4 nitrogen and oxygen atoms in total. The van der Waals surface area contributed by atoms with Crippen LogP contribution in [0.5, 0.6) is 0 Å². The van der Waals surface area contributed by atoms with Crippen LogP contribution in [0.3, 0.4) is 0 Å². The lowest BCUT2D eigenvalue weighted by Gasteiger charge is -2.25. The molecule has 0 aromatic heterocycles. The molecule has 0 saturated carbocycles. The first kappa shape index (κ1) is 13.7. The van der Waals surface area contributed by atoms with Crippen molar-refractivity contribution in [1.29, 1.82) is 0 Å². The molecule has 0 aromatic carbocycles. The number of aliphatic hydroxyl groups excluding tert-OH is 1. The maximum Gasteiger partial charge on any atom is 0.237 e. The molecule has 84 valence electrons. The number of halogens is 1. The Morgan fingerprint density at radius 1 is 1.64 bits per heavy atom. The van der Waals surface area contributed by atoms with Crippen molar-refractivity contribution in [2.24, 2.45) is 0 Å². The predicted molar refractivity (Wildman–Crippen MR) is 57.6 cm³/mol. The van der Waals surface area contributed by atoms with E-state index in [4.69, 9.17) is 5.11 Å². The first-order valence-electron chi connectivity index (χ1n) is 4.71. The summed E-state index contributed by atoms with van der Waals surface area (Å²) < 4.78 is 0. The second kappa shape index (κ2) is 5.53. The van der Waals surface area contributed by atoms with Crippen molar-refractivity contribution in [3.05, 3.63) is 0 Å². The Kier molecular flexibility index (Phi) is 5.41. The van der Waals surface area contributed by atoms with E-state index in [0.717, 1.165) is 19.4 Å². The Hall–Kier alpha value is -0.320. The maximum atomic E-state index is 11.5. The molecule has 14 heavy (non-hydrogen) atoms. The van der Waals surface area contributed by atoms with Gasteiger partial charge in [-0.2, -0.15) is 0 Å². The zero-order valence-corrected chi connectivity index (χ0v) is 9.49. The van der Waals surface area contributed by atoms with E-state index in [1.165, 1.54) is 0 Å². The summed E-state index contributed by atoms with van der Waals surface area (Å²) in [5.41, 5.74) is -0.513. The summed E-state index contributed by atoms with van der Waals surface area (Å²) in [4.78, 5) is 11.5. The van der Waals surface area contributed by atoms with Crippen molar-refractivity contribution in [3.8, 4) is 0 Å². The molecule has 5 heteroatoms. The average molecular weight is 223 g/mol. The molecule has 1 aliphatic rings. The molecular formula is C9H19ClN2O2. The molecule has 0 aliphatic carbocycles. The molecule has 0 radical (unpaired) electrons. The predicted octanol–water partition coefficient (Wildman–Crippen LogP) is 0.0473. The maximum absolute atomic E-state index is 11.5. The van der Waals surface area contributed by atoms with Gasteiger partial charge in [0.2, 0.25) is 5.91 Å². The summed E-state index contributed by atoms with van der Waals surface area (Å²) >= 11 is 0. The van der Waals surface area contributed by atoms with Crippen LogP contribution in [0.4, 0.5) is 0 Å². The highest BCUT2D eigenvalue weighted by Crippen LogP contribution is 2.07. The summed E-state index contributed by atoms with van der Waals surface area (Å²) in [6.07, 6.45) is 1.95. The van der Waals surface area contributed by atoms with Crippen molar-refractivity contribution in [2.75, 3.05) is 13.2 Å². The fourth-order valence-electron chi connectivity index (χ4n) is 1.37. The summed E-state index contributed by atoms with van der Waals surface area (Å²) in [7, 11) is 0. The lowest BCUT2D eigenvalue weighted by molar-refractivity contribution is -0.124. The Labute approximate surface area is 90.9 Å². The highest BCUT2D eigenvalue weighted by Gasteiger charge is 2.26. The molecule has 1 saturated heterocycles. The minimum absolute atomic E-state index is 0. The number of rotatable bonds is 3. The van der Waals surface area contributed by atoms with E-state index < -0.39 is 5.54 Å². The van der Waals surface area contributed by atoms with Crippen LogP contribution in [0.15, 0.2) is 0 Å². The van der Waals surface area contributed by atoms with Crippen LogP contribution in [-0.2, 0) is 4.79 Å². The lowest BCUT2D eigenvalue weighted by Crippen LogP contribution is -2.52. The van der Waals surface area contributed by atoms with E-state index in [2.05, 4.69) is 10.6 Å². The first-order valence-corrected chi connectivity index (χ1v) is 4.71. The fourth-order valence-corrected chi connectivity index (χ4v) is 1.37. The van der Waals surface area contributed by atoms with E-state index in [1.807, 2.05) is 0 Å². The molecule has 1 rings (SSSR count). The van der Waals surface area contributed by atoms with Crippen molar-refractivity contribution in [3.63, 3.8) is 0 Å². The number of hydrogen-bond donors (Lipinski definition) is 3. The average Bonchev–Trinajstić information content (AvgIpc) is 2.55. The first-order chi connectivity index (χ1) is 6.05. The van der Waals surface area contributed by atoms with Crippen molar-refractivity contribution in [2.45, 2.75) is 38.3 Å². The Balaban J connectivity index is 0.00000169. The third-order valence-corrected chi connectivity index (χ3v) is 2.23. The minimum atomic E-state index is -0.513. The minimum Gasteiger partial charge on any atom is -0.394 e. The Morgan fingerprint density at radius 3 is 2.71 bits per heavy atom. The second-order valence-electron chi connectivity index (χ2n) is 4.18. The van der Waals surface area contributed by atoms with Gasteiger partial charge in [-0.1, -0.05) is 0 Å². The number of carbonyl (C=O) groups is 1. The monoisotopic (exact) mass is 222 g/mol. The van der Waals surface area contributed by atoms with Gasteiger partial charge in [0.25, 0.3) is 0 Å². The molecule has 0 bridgehead atoms. The third kappa shape index (κ3) is 3.82. The van der Waals surface area contributed by atoms with Crippen LogP contribution in [0.2, 0.25) is 0 Å². The van der Waals surface area contributed by atoms with E-state index in [9.17, 15) is 4.79 Å². The molecule has 1 atom stereocenters. The molecule has 0 unspecified atom stereocenters. The molecule has 1 fully saturated rings. The largest absolute Gasteiger partial charge is 0.394 e. The smallest absolute Gasteiger partial charge is 0.237 e. The van der Waals surface area contributed by atoms with Crippen LogP contribution in [0, 0.1) is 0 Å². The summed E-state index contributed by atoms with van der Waals surface area (Å²) in [6.45, 7) is 4.49. The number of aliphatic hydroxyl groups is 1. The third-order valence-electron chi connectivity index (χ3n) is 2.23. The molecular weight excluding hydrogens is 204 g/mol. The normalized spacial score (nSPS) is 21.5. The van der Waals surface area contributed by atoms with Gasteiger partial charge in [-0.3, -0.25) is 4.79 Å². The van der Waals surface area contributed by atoms with Gasteiger partial charge < -0.3 is 15.7 Å². The zero-order chi connectivity index (χ0) is 9.90. The van der Waals surface area contributed by atoms with Crippen molar-refractivity contribution >= 4 is 18.3 Å². The van der Waals surface area contributed by atoms with Crippen LogP contribution in [-0.4, -0.2) is 35.7 Å². The van der Waals surface area contributed by atoms with Crippen molar-refractivity contribution < 1.29 is 9.90 Å². The molecule has 0 aromatic rings. The molecule has 1 amide bonds. The Bertz CT molecular complexity index is 191. The zero-order valence-electron chi connectivity index (χ0n) is 8.67. The lowest BCUT2D eigenvalue weighted by atomic mass is 10.1. The fraction of sp³-hybridized carbons (Fsp3) is 0.889. The van der Waals surface area contributed by atoms with E-state index in [1.54, 1.807) is 13.8 Å². The second-order valence-corrected chi connectivity index (χ2v) is 4.18. The molecule has 3 N–H and O–H groups in total. The number of carbonyl (C=O) groups excluding carboxylic acids is 1. The number of nitrogens with one attached hydrogen (secondary N) is 2. The number of hydrogen-bond acceptors (Lipinski definition) is 3. The van der Waals surface area contributed by atoms with E-state index in [0.29, 0.717) is 0 Å². The summed E-state index contributed by atoms with van der Waals surface area (Å²) in [6, 6.07) is -0.0641. The van der Waals surface area contributed by atoms with Gasteiger partial charge in [0, 0.05) is 0 Å². The number of amides is 1. The SMILES string of the molecule is CC(C)(CO)NC(=O)[C@@H]1CCCN1.Cl. The van der Waals surface area contributed by atoms with Crippen LogP contribution < -0.4 is 10.6 Å². The van der Waals surface area contributed by atoms with Gasteiger partial charge in [0.05, 0.1) is 18.2 Å². The Morgan fingerprint density at radius 2 is 2.29 bits per heavy atom. The van der Waals surface area contributed by atoms with Gasteiger partial charge in [-0.05, 0) is 33.2 Å². The van der Waals surface area contributed by atoms with E-state index in [-0.39, 0.29) is 31.0 Å². The van der Waals surface area contributed by atoms with Crippen LogP contribution >= 0.6 is 12.4 Å². The summed E-state index contributed by atoms with van der Waals surface area (Å²) in [5, 5.41) is 14.9. The topological polar surface area (TPSA) is 61.4 Å².